The Morgan fingerprint density at radius 3 is 2.60 bits per heavy atom. The van der Waals surface area contributed by atoms with Crippen LogP contribution in [0.1, 0.15) is 20.3 Å². The van der Waals surface area contributed by atoms with Gasteiger partial charge in [0.15, 0.2) is 11.2 Å². The van der Waals surface area contributed by atoms with Gasteiger partial charge in [0.25, 0.3) is 5.56 Å². The molecule has 0 amide bonds. The minimum Gasteiger partial charge on any atom is -0.497 e. The molecule has 1 atom stereocenters. The molecule has 0 radical (unpaired) electrons. The molecule has 0 saturated carbocycles. The van der Waals surface area contributed by atoms with Crippen molar-refractivity contribution >= 4 is 22.8 Å². The molecule has 0 spiro atoms. The van der Waals surface area contributed by atoms with Gasteiger partial charge in [0, 0.05) is 32.7 Å². The minimum absolute atomic E-state index is 0.252. The summed E-state index contributed by atoms with van der Waals surface area (Å²) >= 11 is 0. The van der Waals surface area contributed by atoms with Crippen molar-refractivity contribution in [2.45, 2.75) is 33.4 Å². The van der Waals surface area contributed by atoms with Crippen molar-refractivity contribution < 1.29 is 9.47 Å². The molecule has 0 fully saturated rings. The average Bonchev–Trinajstić information content (AvgIpc) is 3.13. The maximum atomic E-state index is 13.2. The summed E-state index contributed by atoms with van der Waals surface area (Å²) in [5, 5.41) is 0. The Labute approximate surface area is 174 Å². The van der Waals surface area contributed by atoms with E-state index in [0.717, 1.165) is 5.69 Å². The van der Waals surface area contributed by atoms with Crippen LogP contribution in [0.5, 0.6) is 11.5 Å². The molecular formula is C21H27N5O4. The van der Waals surface area contributed by atoms with Gasteiger partial charge in [-0.05, 0) is 24.5 Å². The highest BCUT2D eigenvalue weighted by Crippen LogP contribution is 2.39. The Kier molecular flexibility index (Phi) is 5.05. The normalized spacial score (nSPS) is 16.0. The number of fused-ring (bicyclic) bond motifs is 3. The number of anilines is 2. The number of rotatable bonds is 5. The zero-order valence-electron chi connectivity index (χ0n) is 18.0. The summed E-state index contributed by atoms with van der Waals surface area (Å²) < 4.78 is 15.7. The van der Waals surface area contributed by atoms with Gasteiger partial charge in [-0.25, -0.2) is 4.79 Å². The average molecular weight is 413 g/mol. The van der Waals surface area contributed by atoms with Crippen LogP contribution < -0.4 is 25.6 Å². The fraction of sp³-hybridized carbons (Fsp3) is 0.476. The Balaban J connectivity index is 2.02. The number of hydrogen-bond donors (Lipinski definition) is 0. The predicted molar refractivity (Wildman–Crippen MR) is 115 cm³/mol. The molecule has 0 unspecified atom stereocenters. The van der Waals surface area contributed by atoms with E-state index in [0.29, 0.717) is 54.7 Å². The molecule has 160 valence electrons. The number of hydrogen-bond acceptors (Lipinski definition) is 6. The number of aromatic nitrogens is 4. The van der Waals surface area contributed by atoms with Crippen molar-refractivity contribution in [2.75, 3.05) is 25.7 Å². The van der Waals surface area contributed by atoms with Gasteiger partial charge in [-0.1, -0.05) is 13.8 Å². The van der Waals surface area contributed by atoms with Crippen LogP contribution in [-0.2, 0) is 20.1 Å². The molecule has 9 nitrogen and oxygen atoms in total. The van der Waals surface area contributed by atoms with Crippen LogP contribution in [-0.4, -0.2) is 39.4 Å². The summed E-state index contributed by atoms with van der Waals surface area (Å²) in [7, 11) is 4.90. The van der Waals surface area contributed by atoms with E-state index in [2.05, 4.69) is 6.92 Å². The topological polar surface area (TPSA) is 83.5 Å². The summed E-state index contributed by atoms with van der Waals surface area (Å²) in [6, 6.07) is 5.59. The van der Waals surface area contributed by atoms with Crippen LogP contribution >= 0.6 is 0 Å². The first-order valence-corrected chi connectivity index (χ1v) is 10.1. The zero-order chi connectivity index (χ0) is 21.6. The van der Waals surface area contributed by atoms with Crippen LogP contribution in [0.25, 0.3) is 11.2 Å². The van der Waals surface area contributed by atoms with E-state index in [1.807, 2.05) is 34.6 Å². The van der Waals surface area contributed by atoms with Gasteiger partial charge in [0.05, 0.1) is 19.9 Å². The van der Waals surface area contributed by atoms with Gasteiger partial charge < -0.3 is 18.9 Å². The van der Waals surface area contributed by atoms with E-state index in [4.69, 9.17) is 14.5 Å². The standard InChI is InChI=1S/C21H27N5O4/c1-6-9-24-19(27)17-18(23(3)21(24)28)22-20-25(11-13(2)12-26(17)20)15-10-14(29-4)7-8-16(15)30-5/h7-8,10,13H,6,9,11-12H2,1-5H3/t13-/m1/s1. The van der Waals surface area contributed by atoms with E-state index >= 15 is 0 Å². The van der Waals surface area contributed by atoms with Crippen LogP contribution in [0.3, 0.4) is 0 Å². The van der Waals surface area contributed by atoms with Gasteiger partial charge in [0.2, 0.25) is 5.95 Å². The molecular weight excluding hydrogens is 386 g/mol. The molecule has 3 aromatic rings. The van der Waals surface area contributed by atoms with Crippen molar-refractivity contribution in [3.05, 3.63) is 39.0 Å². The third-order valence-corrected chi connectivity index (χ3v) is 5.57. The second-order valence-electron chi connectivity index (χ2n) is 7.75. The highest BCUT2D eigenvalue weighted by Gasteiger charge is 2.31. The minimum atomic E-state index is -0.344. The van der Waals surface area contributed by atoms with E-state index in [9.17, 15) is 9.59 Å². The molecule has 9 heteroatoms. The lowest BCUT2D eigenvalue weighted by Crippen LogP contribution is -2.40. The molecule has 0 aliphatic carbocycles. The quantitative estimate of drug-likeness (QED) is 0.637. The number of imidazole rings is 1. The lowest BCUT2D eigenvalue weighted by atomic mass is 10.1. The fourth-order valence-electron chi connectivity index (χ4n) is 4.14. The second kappa shape index (κ2) is 7.55. The Morgan fingerprint density at radius 2 is 1.93 bits per heavy atom. The summed E-state index contributed by atoms with van der Waals surface area (Å²) in [6.07, 6.45) is 0.700. The van der Waals surface area contributed by atoms with E-state index < -0.39 is 0 Å². The first-order chi connectivity index (χ1) is 14.4. The third kappa shape index (κ3) is 2.96. The van der Waals surface area contributed by atoms with Crippen molar-refractivity contribution in [2.24, 2.45) is 13.0 Å². The molecule has 1 aliphatic rings. The molecule has 1 aromatic carbocycles. The molecule has 0 saturated heterocycles. The SMILES string of the molecule is CCCn1c(=O)c2c(nc3n2C[C@H](C)CN3c2cc(OC)ccc2OC)n(C)c1=O. The van der Waals surface area contributed by atoms with Gasteiger partial charge >= 0.3 is 5.69 Å². The number of aryl methyl sites for hydroxylation is 1. The summed E-state index contributed by atoms with van der Waals surface area (Å²) in [5.41, 5.74) is 1.02. The van der Waals surface area contributed by atoms with Gasteiger partial charge in [-0.2, -0.15) is 4.98 Å². The van der Waals surface area contributed by atoms with E-state index in [1.54, 1.807) is 21.3 Å². The summed E-state index contributed by atoms with van der Waals surface area (Å²) in [4.78, 5) is 32.7. The maximum absolute atomic E-state index is 13.2. The number of methoxy groups -OCH3 is 2. The number of ether oxygens (including phenoxy) is 2. The summed E-state index contributed by atoms with van der Waals surface area (Å²) in [5.74, 6) is 2.25. The predicted octanol–water partition coefficient (Wildman–Crippen LogP) is 2.11. The van der Waals surface area contributed by atoms with Crippen LogP contribution in [0.15, 0.2) is 27.8 Å². The van der Waals surface area contributed by atoms with Gasteiger partial charge in [-0.3, -0.25) is 13.9 Å². The fourth-order valence-corrected chi connectivity index (χ4v) is 4.14. The highest BCUT2D eigenvalue weighted by atomic mass is 16.5. The molecule has 2 aromatic heterocycles. The lowest BCUT2D eigenvalue weighted by Gasteiger charge is -2.33. The van der Waals surface area contributed by atoms with Crippen molar-refractivity contribution in [1.82, 2.24) is 18.7 Å². The van der Waals surface area contributed by atoms with Gasteiger partial charge in [0.1, 0.15) is 11.5 Å². The Bertz CT molecular complexity index is 1220. The van der Waals surface area contributed by atoms with Gasteiger partial charge in [-0.15, -0.1) is 0 Å². The molecule has 1 aliphatic heterocycles. The van der Waals surface area contributed by atoms with Crippen molar-refractivity contribution in [3.63, 3.8) is 0 Å². The molecule has 30 heavy (non-hydrogen) atoms. The maximum Gasteiger partial charge on any atom is 0.332 e. The van der Waals surface area contributed by atoms with Crippen molar-refractivity contribution in [3.8, 4) is 11.5 Å². The molecule has 0 N–H and O–H groups in total. The van der Waals surface area contributed by atoms with Crippen LogP contribution in [0, 0.1) is 5.92 Å². The highest BCUT2D eigenvalue weighted by molar-refractivity contribution is 5.78. The van der Waals surface area contributed by atoms with Crippen molar-refractivity contribution in [1.29, 1.82) is 0 Å². The monoisotopic (exact) mass is 413 g/mol. The first kappa shape index (κ1) is 20.1. The zero-order valence-corrected chi connectivity index (χ0v) is 18.0. The Hall–Kier alpha value is -3.23. The van der Waals surface area contributed by atoms with E-state index in [-0.39, 0.29) is 17.2 Å². The third-order valence-electron chi connectivity index (χ3n) is 5.57. The number of benzene rings is 1. The summed E-state index contributed by atoms with van der Waals surface area (Å²) in [6.45, 7) is 5.80. The van der Waals surface area contributed by atoms with Crippen LogP contribution in [0.2, 0.25) is 0 Å². The van der Waals surface area contributed by atoms with E-state index in [1.165, 1.54) is 9.13 Å². The second-order valence-corrected chi connectivity index (χ2v) is 7.75. The molecule has 3 heterocycles. The van der Waals surface area contributed by atoms with Crippen LogP contribution in [0.4, 0.5) is 11.6 Å². The Morgan fingerprint density at radius 1 is 1.17 bits per heavy atom. The lowest BCUT2D eigenvalue weighted by molar-refractivity contribution is 0.399. The largest absolute Gasteiger partial charge is 0.497 e. The molecule has 0 bridgehead atoms. The molecule has 4 rings (SSSR count). The smallest absolute Gasteiger partial charge is 0.332 e. The number of nitrogens with zero attached hydrogens (tertiary/aromatic N) is 5. The first-order valence-electron chi connectivity index (χ1n) is 10.1.